The van der Waals surface area contributed by atoms with Crippen molar-refractivity contribution in [1.29, 1.82) is 0 Å². The first kappa shape index (κ1) is 81.4. The van der Waals surface area contributed by atoms with Crippen molar-refractivity contribution in [3.8, 4) is 23.0 Å². The van der Waals surface area contributed by atoms with Gasteiger partial charge in [-0.05, 0) is 81.9 Å². The second kappa shape index (κ2) is 60.4. The molecule has 4 aromatic carbocycles. The Labute approximate surface area is 557 Å². The molecule has 0 bridgehead atoms. The molecular weight excluding hydrogens is 1220 g/mol. The molecule has 0 spiro atoms. The Morgan fingerprint density at radius 3 is 0.404 bits per heavy atom. The quantitative estimate of drug-likeness (QED) is 0.0319. The van der Waals surface area contributed by atoms with Gasteiger partial charge in [-0.1, -0.05) is 48.5 Å². The van der Waals surface area contributed by atoms with Gasteiger partial charge < -0.3 is 114 Å². The van der Waals surface area contributed by atoms with Crippen LogP contribution in [0.5, 0.6) is 23.0 Å². The Morgan fingerprint density at radius 1 is 0.160 bits per heavy atom. The third-order valence-corrected chi connectivity index (χ3v) is 13.0. The third-order valence-electron chi connectivity index (χ3n) is 13.0. The fourth-order valence-electron chi connectivity index (χ4n) is 8.27. The van der Waals surface area contributed by atoms with Crippen molar-refractivity contribution >= 4 is 11.1 Å². The summed E-state index contributed by atoms with van der Waals surface area (Å²) in [7, 11) is 6.58. The van der Waals surface area contributed by atoms with Gasteiger partial charge >= 0.3 is 0 Å². The van der Waals surface area contributed by atoms with Crippen LogP contribution in [0.2, 0.25) is 0 Å². The van der Waals surface area contributed by atoms with E-state index >= 15 is 0 Å². The number of ether oxygens (including phenoxy) is 24. The zero-order chi connectivity index (χ0) is 66.3. The van der Waals surface area contributed by atoms with Gasteiger partial charge in [0.05, 0.1) is 238 Å². The average Bonchev–Trinajstić information content (AvgIpc) is 0.832. The van der Waals surface area contributed by atoms with Crippen LogP contribution in [0, 0.1) is 0 Å². The summed E-state index contributed by atoms with van der Waals surface area (Å²) in [5, 5.41) is 0. The predicted octanol–water partition coefficient (Wildman–Crippen LogP) is 7.06. The number of benzene rings is 4. The van der Waals surface area contributed by atoms with E-state index in [9.17, 15) is 0 Å². The minimum atomic E-state index is 0.360. The first-order valence-electron chi connectivity index (χ1n) is 32.5. The fraction of sp³-hybridized carbons (Fsp3) is 0.629. The van der Waals surface area contributed by atoms with E-state index in [1.165, 1.54) is 0 Å². The topological polar surface area (TPSA) is 222 Å². The molecule has 532 valence electrons. The lowest BCUT2D eigenvalue weighted by Crippen LogP contribution is -2.14. The molecule has 0 heterocycles. The standard InChI is InChI=1S/C70H108O24/c1-71-21-25-75-29-33-79-37-41-83-45-49-87-53-57-91-65-13-5-61(6-14-65)69(62-7-15-66(16-8-62)92-58-54-88-50-46-84-42-38-80-34-30-76-26-22-72-2)70(63-9-17-67(18-10-63)93-59-55-89-51-47-85-43-39-81-35-31-77-27-23-73-3)64-11-19-68(20-12-64)94-60-56-90-52-48-86-44-40-82-36-32-78-28-24-74-4/h5-20H,21-60H2,1-4H3. The van der Waals surface area contributed by atoms with Crippen molar-refractivity contribution in [1.82, 2.24) is 0 Å². The Bertz CT molecular complexity index is 1990. The molecule has 0 unspecified atom stereocenters. The molecule has 0 radical (unpaired) electrons. The van der Waals surface area contributed by atoms with Crippen LogP contribution in [0.3, 0.4) is 0 Å². The van der Waals surface area contributed by atoms with Gasteiger partial charge in [0, 0.05) is 28.4 Å². The van der Waals surface area contributed by atoms with Crippen LogP contribution in [0.4, 0.5) is 0 Å². The summed E-state index contributed by atoms with van der Waals surface area (Å²) in [5.74, 6) is 2.81. The van der Waals surface area contributed by atoms with Crippen LogP contribution in [0.25, 0.3) is 11.1 Å². The van der Waals surface area contributed by atoms with Gasteiger partial charge in [-0.3, -0.25) is 0 Å². The molecule has 0 aliphatic rings. The lowest BCUT2D eigenvalue weighted by molar-refractivity contribution is -0.00978. The molecule has 0 aliphatic heterocycles. The Kier molecular flexibility index (Phi) is 52.4. The molecule has 4 rings (SSSR count). The zero-order valence-electron chi connectivity index (χ0n) is 56.3. The van der Waals surface area contributed by atoms with Crippen molar-refractivity contribution in [2.75, 3.05) is 293 Å². The molecule has 0 fully saturated rings. The molecule has 24 heteroatoms. The van der Waals surface area contributed by atoms with Gasteiger partial charge in [0.1, 0.15) is 49.4 Å². The number of rotatable bonds is 68. The molecule has 0 amide bonds. The molecule has 94 heavy (non-hydrogen) atoms. The van der Waals surface area contributed by atoms with E-state index in [-0.39, 0.29) is 0 Å². The lowest BCUT2D eigenvalue weighted by Gasteiger charge is -2.19. The summed E-state index contributed by atoms with van der Waals surface area (Å²) >= 11 is 0. The highest BCUT2D eigenvalue weighted by Gasteiger charge is 2.18. The molecule has 4 aromatic rings. The molecule has 0 aromatic heterocycles. The maximum Gasteiger partial charge on any atom is 0.119 e. The van der Waals surface area contributed by atoms with Crippen molar-refractivity contribution in [3.63, 3.8) is 0 Å². The Hall–Kier alpha value is -4.98. The van der Waals surface area contributed by atoms with Gasteiger partial charge in [0.2, 0.25) is 0 Å². The van der Waals surface area contributed by atoms with Crippen molar-refractivity contribution in [3.05, 3.63) is 119 Å². The summed E-state index contributed by atoms with van der Waals surface area (Å²) in [6.45, 7) is 18.9. The van der Waals surface area contributed by atoms with Gasteiger partial charge in [0.15, 0.2) is 0 Å². The Morgan fingerprint density at radius 2 is 0.277 bits per heavy atom. The van der Waals surface area contributed by atoms with Crippen LogP contribution in [-0.4, -0.2) is 293 Å². The van der Waals surface area contributed by atoms with Crippen LogP contribution >= 0.6 is 0 Å². The molecule has 24 nitrogen and oxygen atoms in total. The van der Waals surface area contributed by atoms with Crippen molar-refractivity contribution < 1.29 is 114 Å². The van der Waals surface area contributed by atoms with Crippen molar-refractivity contribution in [2.45, 2.75) is 0 Å². The van der Waals surface area contributed by atoms with E-state index in [1.54, 1.807) is 28.4 Å². The van der Waals surface area contributed by atoms with Crippen LogP contribution < -0.4 is 18.9 Å². The second-order valence-electron chi connectivity index (χ2n) is 20.0. The summed E-state index contributed by atoms with van der Waals surface area (Å²) in [4.78, 5) is 0. The maximum absolute atomic E-state index is 6.17. The fourth-order valence-corrected chi connectivity index (χ4v) is 8.27. The predicted molar refractivity (Wildman–Crippen MR) is 353 cm³/mol. The van der Waals surface area contributed by atoms with E-state index in [0.29, 0.717) is 287 Å². The zero-order valence-corrected chi connectivity index (χ0v) is 56.3. The minimum Gasteiger partial charge on any atom is -0.491 e. The summed E-state index contributed by atoms with van der Waals surface area (Å²) in [5.41, 5.74) is 5.76. The van der Waals surface area contributed by atoms with Gasteiger partial charge in [-0.2, -0.15) is 0 Å². The van der Waals surface area contributed by atoms with E-state index in [1.807, 2.05) is 48.5 Å². The third kappa shape index (κ3) is 42.5. The number of hydrogen-bond donors (Lipinski definition) is 0. The molecule has 0 aliphatic carbocycles. The van der Waals surface area contributed by atoms with Gasteiger partial charge in [-0.15, -0.1) is 0 Å². The molecule has 0 N–H and O–H groups in total. The van der Waals surface area contributed by atoms with Crippen molar-refractivity contribution in [2.24, 2.45) is 0 Å². The van der Waals surface area contributed by atoms with E-state index < -0.39 is 0 Å². The first-order valence-corrected chi connectivity index (χ1v) is 32.5. The lowest BCUT2D eigenvalue weighted by atomic mass is 9.85. The molecule has 0 atom stereocenters. The normalized spacial score (nSPS) is 11.4. The smallest absolute Gasteiger partial charge is 0.119 e. The largest absolute Gasteiger partial charge is 0.491 e. The Balaban J connectivity index is 1.43. The highest BCUT2D eigenvalue weighted by molar-refractivity contribution is 6.04. The number of hydrogen-bond acceptors (Lipinski definition) is 24. The van der Waals surface area contributed by atoms with Gasteiger partial charge in [0.25, 0.3) is 0 Å². The second-order valence-corrected chi connectivity index (χ2v) is 20.0. The first-order chi connectivity index (χ1) is 46.7. The van der Waals surface area contributed by atoms with Crippen LogP contribution in [-0.2, 0) is 94.7 Å². The summed E-state index contributed by atoms with van der Waals surface area (Å²) in [6.07, 6.45) is 0. The minimum absolute atomic E-state index is 0.360. The summed E-state index contributed by atoms with van der Waals surface area (Å²) < 4.78 is 134. The van der Waals surface area contributed by atoms with E-state index in [4.69, 9.17) is 114 Å². The van der Waals surface area contributed by atoms with Crippen LogP contribution in [0.1, 0.15) is 22.3 Å². The monoisotopic (exact) mass is 1330 g/mol. The number of methoxy groups -OCH3 is 4. The highest BCUT2D eigenvalue weighted by atomic mass is 16.6. The van der Waals surface area contributed by atoms with E-state index in [2.05, 4.69) is 48.5 Å². The maximum atomic E-state index is 6.17. The van der Waals surface area contributed by atoms with Gasteiger partial charge in [-0.25, -0.2) is 0 Å². The summed E-state index contributed by atoms with van der Waals surface area (Å²) in [6, 6.07) is 32.4. The highest BCUT2D eigenvalue weighted by Crippen LogP contribution is 2.39. The average molecular weight is 1330 g/mol. The molecule has 0 saturated carbocycles. The molecule has 0 saturated heterocycles. The SMILES string of the molecule is COCCOCCOCCOCCOCCOc1ccc(C(=C(c2ccc(OCCOCCOCCOCCOCCOC)cc2)c2ccc(OCCOCCOCCOCCOCCOC)cc2)c2ccc(OCCOCCOCCOCCOCCOC)cc2)cc1. The van der Waals surface area contributed by atoms with E-state index in [0.717, 1.165) is 33.4 Å². The molecular formula is C70H108O24. The van der Waals surface area contributed by atoms with Crippen LogP contribution in [0.15, 0.2) is 97.1 Å².